The summed E-state index contributed by atoms with van der Waals surface area (Å²) in [5, 5.41) is 40.3. The van der Waals surface area contributed by atoms with Gasteiger partial charge in [-0.3, -0.25) is 38.1 Å². The Labute approximate surface area is 782 Å². The summed E-state index contributed by atoms with van der Waals surface area (Å²) in [5.41, 5.74) is 18.4. The van der Waals surface area contributed by atoms with Gasteiger partial charge in [-0.15, -0.1) is 0 Å². The number of amides is 7. The van der Waals surface area contributed by atoms with E-state index in [9.17, 15) is 62.4 Å². The van der Waals surface area contributed by atoms with E-state index in [4.69, 9.17) is 63.7 Å². The van der Waals surface area contributed by atoms with E-state index in [2.05, 4.69) is 60.6 Å². The standard InChI is InChI=1S/C19H23N3O4.C19H21N3O3.C19H32N2O5.C10H20NO6P.C10H13NO4.C9H12N2O.C8H11NO2.CH4/c1-19(2,3)16-13(21-11-26-16)10-15(23)18(25)22-14(17(20)24)9-12-7-5-4-6-8-12;1-19(2,3)16-13(20-11-25-16)10-15-18(24)21-14(17(23)22-15)9-12-7-5-4-6-8-12;1-8-9-10-24-16(22)14(21-17(23)26-19(5,6)7)11-13-15(18(2,3)4)25-12-20-13;1-7(12)8(18(14,15-5)16-6)11-9(13)17-10(2,3)4;1-10(2,3)8-6(11-5-15-8)4-7(12)9(13)14;10-8(9(11)12)6-7-4-2-1-3-5-7;1-8(2,3)7-6(4-10)9-5-11-7;/h4-8,10-11,14,23H,9H2,1-3H3,(H2,20,24)(H,22,25);4-8,10-11,14H,9H2,1-3H3,(H,21,24)(H,22,23);12,14H,8-11H2,1-7H3,(H,21,23);8H,1-6H3,(H,11,13);4-5,12H,1-3H3,(H,13,14);1-5,8H,6,10H2,(H2,11,12);4-5H,1-3H3;1H4/b2*15-10-;;;7-4-;;;/t2*14-;;;;8-;;/m00...0../s1. The molecule has 5 aromatic heterocycles. The molecule has 7 amide bonds. The summed E-state index contributed by atoms with van der Waals surface area (Å²) in [6.07, 6.45) is 12.5. The molecule has 0 aliphatic carbocycles. The van der Waals surface area contributed by atoms with E-state index in [1.54, 1.807) is 47.6 Å². The first kappa shape index (κ1) is 117. The number of carbonyl (C=O) groups is 11. The van der Waals surface area contributed by atoms with Gasteiger partial charge in [-0.25, -0.2) is 44.1 Å². The largest absolute Gasteiger partial charge is 0.503 e. The minimum absolute atomic E-state index is 0. The zero-order valence-corrected chi connectivity index (χ0v) is 81.3. The van der Waals surface area contributed by atoms with Crippen LogP contribution in [0, 0.1) is 0 Å². The predicted molar refractivity (Wildman–Crippen MR) is 502 cm³/mol. The van der Waals surface area contributed by atoms with Gasteiger partial charge in [-0.2, -0.15) is 0 Å². The number of ether oxygens (including phenoxy) is 3. The normalized spacial score (nSPS) is 14.2. The average molecular weight is 1890 g/mol. The maximum atomic E-state index is 12.5. The quantitative estimate of drug-likeness (QED) is 0.00433. The molecule has 3 aromatic carbocycles. The molecule has 39 heteroatoms. The monoisotopic (exact) mass is 1890 g/mol. The fourth-order valence-corrected chi connectivity index (χ4v) is 12.8. The number of hydrogen-bond donors (Lipinski definition) is 11. The summed E-state index contributed by atoms with van der Waals surface area (Å²) in [4.78, 5) is 148. The second kappa shape index (κ2) is 52.9. The number of aldehydes is 1. The molecule has 8 aromatic rings. The summed E-state index contributed by atoms with van der Waals surface area (Å²) < 4.78 is 63.4. The van der Waals surface area contributed by atoms with Crippen molar-refractivity contribution in [2.24, 2.45) is 17.2 Å². The van der Waals surface area contributed by atoms with Crippen LogP contribution in [0.3, 0.4) is 0 Å². The van der Waals surface area contributed by atoms with Crippen molar-refractivity contribution in [1.82, 2.24) is 51.5 Å². The Morgan fingerprint density at radius 2 is 0.918 bits per heavy atom. The molecular weight excluding hydrogens is 1750 g/mol. The molecule has 6 heterocycles. The highest BCUT2D eigenvalue weighted by atomic mass is 31.2. The maximum absolute atomic E-state index is 12.5. The van der Waals surface area contributed by atoms with Gasteiger partial charge < -0.3 is 104 Å². The van der Waals surface area contributed by atoms with E-state index in [1.807, 2.05) is 202 Å². The summed E-state index contributed by atoms with van der Waals surface area (Å²) in [6.45, 7) is 43.1. The number of hydrogen-bond acceptors (Lipinski definition) is 30. The molecule has 0 bridgehead atoms. The Balaban J connectivity index is 0.000000539. The van der Waals surface area contributed by atoms with Crippen LogP contribution >= 0.6 is 7.60 Å². The molecule has 736 valence electrons. The van der Waals surface area contributed by atoms with Crippen LogP contribution in [0.25, 0.3) is 18.2 Å². The third-order valence-electron chi connectivity index (χ3n) is 17.8. The van der Waals surface area contributed by atoms with Crippen molar-refractivity contribution in [2.75, 3.05) is 20.8 Å². The van der Waals surface area contributed by atoms with Crippen LogP contribution in [0.15, 0.2) is 162 Å². The molecule has 0 saturated carbocycles. The molecule has 5 atom stereocenters. The zero-order valence-electron chi connectivity index (χ0n) is 80.4. The van der Waals surface area contributed by atoms with Crippen LogP contribution in [-0.4, -0.2) is 168 Å². The fourth-order valence-electron chi connectivity index (χ4n) is 11.5. The number of benzene rings is 3. The van der Waals surface area contributed by atoms with Crippen LogP contribution in [0.2, 0.25) is 0 Å². The highest BCUT2D eigenvalue weighted by molar-refractivity contribution is 7.55. The van der Waals surface area contributed by atoms with Crippen LogP contribution in [0.1, 0.15) is 258 Å². The van der Waals surface area contributed by atoms with Crippen molar-refractivity contribution in [2.45, 2.75) is 273 Å². The van der Waals surface area contributed by atoms with Crippen LogP contribution in [0.4, 0.5) is 9.59 Å². The van der Waals surface area contributed by atoms with Gasteiger partial charge in [0.2, 0.25) is 23.5 Å². The number of carbonyl (C=O) groups excluding carboxylic acids is 10. The molecule has 2 unspecified atom stereocenters. The molecule has 1 aliphatic heterocycles. The zero-order chi connectivity index (χ0) is 101. The Morgan fingerprint density at radius 3 is 1.31 bits per heavy atom. The molecule has 38 nitrogen and oxygen atoms in total. The van der Waals surface area contributed by atoms with E-state index in [-0.39, 0.29) is 64.9 Å². The Bertz CT molecular complexity index is 5240. The first-order valence-electron chi connectivity index (χ1n) is 42.3. The second-order valence-electron chi connectivity index (χ2n) is 37.2. The number of nitrogens with two attached hydrogens (primary N) is 3. The Hall–Kier alpha value is -13.2. The highest BCUT2D eigenvalue weighted by Gasteiger charge is 2.41. The second-order valence-corrected chi connectivity index (χ2v) is 39.5. The lowest BCUT2D eigenvalue weighted by molar-refractivity contribution is -0.146. The number of aliphatic hydroxyl groups is 2. The Morgan fingerprint density at radius 1 is 0.522 bits per heavy atom. The molecule has 14 N–H and O–H groups in total. The number of Topliss-reactive ketones (excluding diaryl/α,β-unsaturated/α-hetero) is 1. The van der Waals surface area contributed by atoms with Gasteiger partial charge in [0.15, 0.2) is 55.6 Å². The minimum Gasteiger partial charge on any atom is -0.503 e. The topological polar surface area (TPSA) is 580 Å². The molecular formula is C95H136N13O25P. The number of nitrogens with zero attached hydrogens (tertiary/aromatic N) is 5. The minimum atomic E-state index is -3.73. The lowest BCUT2D eigenvalue weighted by atomic mass is 9.90. The number of piperazine rings is 1. The van der Waals surface area contributed by atoms with Crippen molar-refractivity contribution in [1.29, 1.82) is 0 Å². The Kier molecular flexibility index (Phi) is 46.1. The van der Waals surface area contributed by atoms with Crippen LogP contribution in [0.5, 0.6) is 0 Å². The molecule has 0 radical (unpaired) electrons. The van der Waals surface area contributed by atoms with Gasteiger partial charge in [0.1, 0.15) is 86.6 Å². The van der Waals surface area contributed by atoms with E-state index < -0.39 is 108 Å². The first-order chi connectivity index (χ1) is 61.6. The van der Waals surface area contributed by atoms with Crippen molar-refractivity contribution >= 4 is 91.6 Å². The van der Waals surface area contributed by atoms with Gasteiger partial charge in [0.05, 0.1) is 18.3 Å². The number of rotatable bonds is 27. The number of esters is 1. The smallest absolute Gasteiger partial charge is 0.408 e. The summed E-state index contributed by atoms with van der Waals surface area (Å²) in [6, 6.07) is 25.3. The number of aliphatic hydroxyl groups excluding tert-OH is 2. The van der Waals surface area contributed by atoms with Gasteiger partial charge in [-0.05, 0) is 84.1 Å². The van der Waals surface area contributed by atoms with Crippen molar-refractivity contribution in [3.05, 3.63) is 214 Å². The van der Waals surface area contributed by atoms with Crippen molar-refractivity contribution in [3.63, 3.8) is 0 Å². The van der Waals surface area contributed by atoms with E-state index >= 15 is 0 Å². The average Bonchev–Trinajstić information content (AvgIpc) is 1.59. The number of carboxylic acids is 1. The number of alkyl carbamates (subject to hydrolysis) is 2. The number of oxazole rings is 5. The van der Waals surface area contributed by atoms with Crippen LogP contribution in [-0.2, 0) is 119 Å². The van der Waals surface area contributed by atoms with E-state index in [0.717, 1.165) is 49.8 Å². The van der Waals surface area contributed by atoms with Gasteiger partial charge in [-0.1, -0.05) is 216 Å². The number of nitrogens with one attached hydrogen (secondary N) is 5. The summed E-state index contributed by atoms with van der Waals surface area (Å²) in [5.74, 6) is -4.64. The van der Waals surface area contributed by atoms with Gasteiger partial charge in [0.25, 0.3) is 11.8 Å². The first-order valence-corrected chi connectivity index (χ1v) is 43.9. The number of aromatic nitrogens is 5. The van der Waals surface area contributed by atoms with Crippen molar-refractivity contribution in [3.8, 4) is 0 Å². The SMILES string of the molecule is C.CC(C)(C)c1ocnc1/C=C(\O)C(=O)N[C@@H](Cc1ccccc1)C(N)=O.CC(C)(C)c1ocnc1/C=C(\O)C(=O)O.CC(C)(C)c1ocnc1/C=C1\NC(=O)[C@H](Cc2ccccc2)NC1=O.CC(C)(C)c1ocnc1C=O.CCCCOC(=O)C(Cc1ncoc1C(C)(C)C)NC(=O)OC(C)(C)C.COP(=O)(OC)C(NC(=O)OC(C)(C)C)C(C)=O.NC(=O)[C@@H](N)Cc1ccccc1. The molecule has 0 spiro atoms. The number of aliphatic carboxylic acids is 1. The molecule has 1 saturated heterocycles. The third kappa shape index (κ3) is 41.3. The fraction of sp³-hybridized carbons (Fsp3) is 0.474. The predicted octanol–water partition coefficient (Wildman–Crippen LogP) is 14.3. The van der Waals surface area contributed by atoms with Crippen LogP contribution < -0.4 is 43.8 Å². The molecule has 9 rings (SSSR count). The number of carboxylic acid groups (broad SMARTS) is 1. The van der Waals surface area contributed by atoms with Gasteiger partial charge in [0, 0.05) is 72.7 Å². The van der Waals surface area contributed by atoms with E-state index in [0.29, 0.717) is 83.0 Å². The van der Waals surface area contributed by atoms with E-state index in [1.165, 1.54) is 45.0 Å². The molecule has 134 heavy (non-hydrogen) atoms. The summed E-state index contributed by atoms with van der Waals surface area (Å²) >= 11 is 0. The number of unbranched alkanes of at least 4 members (excludes halogenated alkanes) is 1. The maximum Gasteiger partial charge on any atom is 0.408 e. The highest BCUT2D eigenvalue weighted by Crippen LogP contribution is 2.51. The number of primary amides is 2. The summed E-state index contributed by atoms with van der Waals surface area (Å²) in [7, 11) is -1.46. The van der Waals surface area contributed by atoms with Crippen molar-refractivity contribution < 1.29 is 118 Å². The molecule has 1 aliphatic rings. The molecule has 1 fully saturated rings. The van der Waals surface area contributed by atoms with Gasteiger partial charge >= 0.3 is 31.7 Å². The third-order valence-corrected chi connectivity index (χ3v) is 19.9. The lowest BCUT2D eigenvalue weighted by Crippen LogP contribution is -2.55. The lowest BCUT2D eigenvalue weighted by Gasteiger charge is -2.25. The number of ketones is 1.